The number of ether oxygens (including phenoxy) is 2. The molecule has 0 fully saturated rings. The monoisotopic (exact) mass is 534 g/mol. The van der Waals surface area contributed by atoms with Crippen LogP contribution in [0.3, 0.4) is 0 Å². The predicted molar refractivity (Wildman–Crippen MR) is 143 cm³/mol. The summed E-state index contributed by atoms with van der Waals surface area (Å²) in [7, 11) is 1.54. The number of amides is 1. The van der Waals surface area contributed by atoms with Crippen LogP contribution in [0.1, 0.15) is 29.1 Å². The Morgan fingerprint density at radius 2 is 1.53 bits per heavy atom. The first kappa shape index (κ1) is 23.0. The highest BCUT2D eigenvalue weighted by Gasteiger charge is 2.51. The lowest BCUT2D eigenvalue weighted by Crippen LogP contribution is -2.46. The number of halogens is 1. The third-order valence-electron chi connectivity index (χ3n) is 6.50. The van der Waals surface area contributed by atoms with E-state index in [4.69, 9.17) is 33.3 Å². The van der Waals surface area contributed by atoms with Crippen LogP contribution in [0, 0.1) is 4.64 Å². The van der Waals surface area contributed by atoms with Gasteiger partial charge in [-0.2, -0.15) is 0 Å². The molecule has 180 valence electrons. The molecule has 36 heavy (non-hydrogen) atoms. The lowest BCUT2D eigenvalue weighted by Gasteiger charge is -2.39. The molecule has 0 N–H and O–H groups in total. The summed E-state index contributed by atoms with van der Waals surface area (Å²) < 4.78 is 13.9. The number of Topliss-reactive ketones (excluding diaryl/α,β-unsaturated/α-hetero) is 1. The quantitative estimate of drug-likeness (QED) is 0.205. The van der Waals surface area contributed by atoms with E-state index in [0.29, 0.717) is 38.2 Å². The van der Waals surface area contributed by atoms with Crippen molar-refractivity contribution in [3.63, 3.8) is 0 Å². The maximum absolute atomic E-state index is 13.1. The lowest BCUT2D eigenvalue weighted by atomic mass is 9.87. The molecule has 0 atom stereocenters. The molecule has 0 saturated heterocycles. The van der Waals surface area contributed by atoms with Gasteiger partial charge in [-0.15, -0.1) is 0 Å². The smallest absolute Gasteiger partial charge is 0.300 e. The van der Waals surface area contributed by atoms with Crippen molar-refractivity contribution in [2.75, 3.05) is 12.0 Å². The molecule has 2 aliphatic heterocycles. The van der Waals surface area contributed by atoms with Crippen LogP contribution in [0.5, 0.6) is 17.2 Å². The highest BCUT2D eigenvalue weighted by atomic mass is 35.5. The summed E-state index contributed by atoms with van der Waals surface area (Å²) in [5, 5.41) is 0.646. The molecule has 1 aromatic heterocycles. The van der Waals surface area contributed by atoms with E-state index in [-0.39, 0.29) is 0 Å². The fourth-order valence-electron chi connectivity index (χ4n) is 4.77. The van der Waals surface area contributed by atoms with Crippen molar-refractivity contribution in [3.05, 3.63) is 80.8 Å². The van der Waals surface area contributed by atoms with Crippen LogP contribution in [0.2, 0.25) is 5.02 Å². The number of rotatable bonds is 4. The number of nitrogens with zero attached hydrogens (tertiary/aromatic N) is 2. The number of anilines is 1. The number of methoxy groups -OCH3 is 1. The molecule has 9 heteroatoms. The molecule has 0 radical (unpaired) electrons. The van der Waals surface area contributed by atoms with Crippen molar-refractivity contribution in [3.8, 4) is 34.1 Å². The topological polar surface area (TPSA) is 60.8 Å². The van der Waals surface area contributed by atoms with Crippen molar-refractivity contribution in [1.29, 1.82) is 0 Å². The van der Waals surface area contributed by atoms with Crippen molar-refractivity contribution < 1.29 is 19.1 Å². The van der Waals surface area contributed by atoms with Gasteiger partial charge in [-0.1, -0.05) is 35.4 Å². The second-order valence-corrected chi connectivity index (χ2v) is 10.8. The summed E-state index contributed by atoms with van der Waals surface area (Å²) >= 11 is 13.4. The van der Waals surface area contributed by atoms with E-state index in [1.807, 2.05) is 60.3 Å². The number of hydrogen-bond donors (Lipinski definition) is 0. The Hall–Kier alpha value is -3.46. The maximum Gasteiger partial charge on any atom is 0.300 e. The Morgan fingerprint density at radius 1 is 0.917 bits per heavy atom. The van der Waals surface area contributed by atoms with Crippen molar-refractivity contribution in [2.45, 2.75) is 19.4 Å². The van der Waals surface area contributed by atoms with E-state index >= 15 is 0 Å². The van der Waals surface area contributed by atoms with E-state index in [9.17, 15) is 9.59 Å². The summed E-state index contributed by atoms with van der Waals surface area (Å²) in [6.45, 7) is 3.88. The van der Waals surface area contributed by atoms with Crippen molar-refractivity contribution in [1.82, 2.24) is 3.96 Å². The minimum atomic E-state index is -0.754. The van der Waals surface area contributed by atoms with E-state index in [2.05, 4.69) is 0 Å². The molecule has 4 aromatic rings. The molecular weight excluding hydrogens is 516 g/mol. The van der Waals surface area contributed by atoms with Gasteiger partial charge in [0, 0.05) is 16.1 Å². The first-order valence-corrected chi connectivity index (χ1v) is 12.7. The average molecular weight is 535 g/mol. The number of carbonyl (C=O) groups excluding carboxylic acids is 2. The molecule has 3 aromatic carbocycles. The third-order valence-corrected chi connectivity index (χ3v) is 8.71. The average Bonchev–Trinajstić information content (AvgIpc) is 3.35. The number of ketones is 1. The normalized spacial score (nSPS) is 15.1. The van der Waals surface area contributed by atoms with Gasteiger partial charge in [-0.25, -0.2) is 0 Å². The van der Waals surface area contributed by atoms with Crippen LogP contribution in [-0.4, -0.2) is 22.8 Å². The minimum absolute atomic E-state index is 0.351. The fourth-order valence-corrected chi connectivity index (χ4v) is 6.59. The Morgan fingerprint density at radius 3 is 2.17 bits per heavy atom. The van der Waals surface area contributed by atoms with Gasteiger partial charge in [-0.05, 0) is 74.5 Å². The van der Waals surface area contributed by atoms with Crippen LogP contribution in [0.25, 0.3) is 16.8 Å². The first-order valence-electron chi connectivity index (χ1n) is 11.1. The van der Waals surface area contributed by atoms with Crippen molar-refractivity contribution in [2.24, 2.45) is 0 Å². The number of hydrogen-bond acceptors (Lipinski definition) is 6. The van der Waals surface area contributed by atoms with Crippen LogP contribution in [0.4, 0.5) is 5.69 Å². The number of benzene rings is 3. The van der Waals surface area contributed by atoms with E-state index in [1.54, 1.807) is 23.1 Å². The molecule has 0 unspecified atom stereocenters. The van der Waals surface area contributed by atoms with Crippen LogP contribution in [-0.2, 0) is 10.3 Å². The number of carbonyl (C=O) groups is 2. The van der Waals surface area contributed by atoms with Crippen molar-refractivity contribution >= 4 is 52.7 Å². The Kier molecular flexibility index (Phi) is 5.12. The zero-order valence-corrected chi connectivity index (χ0v) is 21.9. The van der Waals surface area contributed by atoms with Gasteiger partial charge < -0.3 is 9.47 Å². The molecule has 0 spiro atoms. The van der Waals surface area contributed by atoms with Gasteiger partial charge in [0.25, 0.3) is 11.7 Å². The van der Waals surface area contributed by atoms with Gasteiger partial charge >= 0.3 is 0 Å². The minimum Gasteiger partial charge on any atom is -0.497 e. The predicted octanol–water partition coefficient (Wildman–Crippen LogP) is 7.17. The van der Waals surface area contributed by atoms with Crippen LogP contribution in [0.15, 0.2) is 60.7 Å². The first-order chi connectivity index (χ1) is 17.2. The Labute approximate surface area is 221 Å². The van der Waals surface area contributed by atoms with Crippen LogP contribution < -0.4 is 14.4 Å². The summed E-state index contributed by atoms with van der Waals surface area (Å²) in [5.41, 5.74) is 2.65. The van der Waals surface area contributed by atoms with Crippen LogP contribution >= 0.6 is 35.4 Å². The highest BCUT2D eigenvalue weighted by Crippen LogP contribution is 2.55. The summed E-state index contributed by atoms with van der Waals surface area (Å²) in [4.78, 5) is 28.4. The Balaban J connectivity index is 1.47. The second-order valence-electron chi connectivity index (χ2n) is 9.04. The van der Waals surface area contributed by atoms with E-state index < -0.39 is 17.2 Å². The zero-order chi connectivity index (χ0) is 25.4. The molecule has 6 rings (SSSR count). The van der Waals surface area contributed by atoms with Gasteiger partial charge in [-0.3, -0.25) is 18.4 Å². The summed E-state index contributed by atoms with van der Waals surface area (Å²) in [6.07, 6.45) is 0. The fraction of sp³-hybridized carbons (Fsp3) is 0.148. The third kappa shape index (κ3) is 3.25. The highest BCUT2D eigenvalue weighted by molar-refractivity contribution is 7.71. The molecular formula is C27H19ClN2O4S2. The number of fused-ring (bicyclic) bond motifs is 2. The van der Waals surface area contributed by atoms with Gasteiger partial charge in [0.05, 0.1) is 34.5 Å². The zero-order valence-electron chi connectivity index (χ0n) is 19.5. The van der Waals surface area contributed by atoms with Gasteiger partial charge in [0.15, 0.2) is 0 Å². The SMILES string of the molecule is COc1cc2c3c(c1)-c1c(sn(-c4ccc(Oc5ccc(Cl)cc5)cc4)c1=S)C(C)(C)N3C(=O)C2=O. The molecule has 0 saturated carbocycles. The largest absolute Gasteiger partial charge is 0.497 e. The maximum atomic E-state index is 13.1. The standard InChI is InChI=1S/C27H19ClN2O4S2/c1-27(2)24-21(19-12-18(33-3)13-20-22(19)29(27)25(32)23(20)31)26(35)30(36-24)15-6-10-17(11-7-15)34-16-8-4-14(28)5-9-16/h4-13H,1-3H3. The van der Waals surface area contributed by atoms with E-state index in [1.165, 1.54) is 18.6 Å². The lowest BCUT2D eigenvalue weighted by molar-refractivity contribution is -0.115. The molecule has 3 heterocycles. The molecule has 2 aliphatic rings. The number of aromatic nitrogens is 1. The molecule has 1 amide bonds. The Bertz CT molecular complexity index is 1640. The van der Waals surface area contributed by atoms with E-state index in [0.717, 1.165) is 21.7 Å². The van der Waals surface area contributed by atoms with Gasteiger partial charge in [0.2, 0.25) is 0 Å². The summed E-state index contributed by atoms with van der Waals surface area (Å²) in [5.74, 6) is 0.812. The van der Waals surface area contributed by atoms with Gasteiger partial charge in [0.1, 0.15) is 21.9 Å². The molecule has 0 bridgehead atoms. The second kappa shape index (κ2) is 8.03. The molecule has 0 aliphatic carbocycles. The summed E-state index contributed by atoms with van der Waals surface area (Å²) in [6, 6.07) is 18.3. The molecule has 6 nitrogen and oxygen atoms in total.